The maximum atomic E-state index is 2.80. The minimum atomic E-state index is 0.544. The third kappa shape index (κ3) is 2.17. The predicted octanol–water partition coefficient (Wildman–Crippen LogP) is 5.73. The Labute approximate surface area is 145 Å². The molecule has 3 aliphatic carbocycles. The van der Waals surface area contributed by atoms with Gasteiger partial charge in [0.25, 0.3) is 0 Å². The Kier molecular flexibility index (Phi) is 4.08. The lowest BCUT2D eigenvalue weighted by molar-refractivity contribution is -0.121. The van der Waals surface area contributed by atoms with Crippen LogP contribution in [0.1, 0.15) is 40.5 Å². The lowest BCUT2D eigenvalue weighted by atomic mass is 9.42. The predicted molar refractivity (Wildman–Crippen MR) is 100 cm³/mol. The van der Waals surface area contributed by atoms with Gasteiger partial charge in [0.2, 0.25) is 0 Å². The molecule has 2 saturated carbocycles. The van der Waals surface area contributed by atoms with Crippen LogP contribution in [0, 0.1) is 40.9 Å². The van der Waals surface area contributed by atoms with Crippen molar-refractivity contribution < 1.29 is 0 Å². The normalized spacial score (nSPS) is 52.8. The van der Waals surface area contributed by atoms with Crippen LogP contribution in [0.3, 0.4) is 0 Å². The van der Waals surface area contributed by atoms with Crippen LogP contribution in [0.2, 0.25) is 0 Å². The standard InChI is InChI=1S/C17H26I2/c1-9-8-10(2)13(9)15-16(19)14(17(15,3)4)11-6-5-7-12(11)18/h5-6,9-16H,7-8H2,1-4H3/t9-,10-,11?,12?,14?,15?,16?/m1/s1. The Morgan fingerprint density at radius 3 is 2.11 bits per heavy atom. The van der Waals surface area contributed by atoms with E-state index in [2.05, 4.69) is 85.0 Å². The molecule has 0 nitrogen and oxygen atoms in total. The fraction of sp³-hybridized carbons (Fsp3) is 0.882. The number of rotatable bonds is 2. The maximum absolute atomic E-state index is 2.80. The summed E-state index contributed by atoms with van der Waals surface area (Å²) in [6.07, 6.45) is 7.70. The Morgan fingerprint density at radius 2 is 1.68 bits per heavy atom. The first-order chi connectivity index (χ1) is 8.85. The van der Waals surface area contributed by atoms with Crippen molar-refractivity contribution in [2.75, 3.05) is 0 Å². The molecule has 0 saturated heterocycles. The summed E-state index contributed by atoms with van der Waals surface area (Å²) < 4.78 is 1.74. The first-order valence-electron chi connectivity index (χ1n) is 7.80. The average Bonchev–Trinajstić information content (AvgIpc) is 2.72. The van der Waals surface area contributed by atoms with Crippen LogP contribution in [0.15, 0.2) is 12.2 Å². The molecule has 3 rings (SSSR count). The van der Waals surface area contributed by atoms with E-state index in [9.17, 15) is 0 Å². The molecule has 0 aromatic carbocycles. The lowest BCUT2D eigenvalue weighted by Crippen LogP contribution is -2.64. The van der Waals surface area contributed by atoms with Crippen LogP contribution in [-0.4, -0.2) is 7.85 Å². The molecule has 3 aliphatic rings. The largest absolute Gasteiger partial charge is 0.0871 e. The van der Waals surface area contributed by atoms with E-state index < -0.39 is 0 Å². The highest BCUT2D eigenvalue weighted by Gasteiger charge is 2.63. The minimum absolute atomic E-state index is 0.544. The summed E-state index contributed by atoms with van der Waals surface area (Å²) in [4.78, 5) is 0. The quantitative estimate of drug-likeness (QED) is 0.267. The zero-order valence-electron chi connectivity index (χ0n) is 12.4. The molecule has 108 valence electrons. The van der Waals surface area contributed by atoms with E-state index in [1.165, 1.54) is 12.8 Å². The highest BCUT2D eigenvalue weighted by atomic mass is 127. The second-order valence-electron chi connectivity index (χ2n) is 7.84. The highest BCUT2D eigenvalue weighted by molar-refractivity contribution is 14.1. The third-order valence-electron chi connectivity index (χ3n) is 6.43. The molecule has 0 spiro atoms. The van der Waals surface area contributed by atoms with Crippen LogP contribution < -0.4 is 0 Å². The fourth-order valence-corrected chi connectivity index (χ4v) is 9.32. The summed E-state index contributed by atoms with van der Waals surface area (Å²) in [5, 5.41) is 0. The van der Waals surface area contributed by atoms with Gasteiger partial charge in [0.15, 0.2) is 0 Å². The molecule has 0 N–H and O–H groups in total. The van der Waals surface area contributed by atoms with Crippen LogP contribution in [0.25, 0.3) is 0 Å². The second-order valence-corrected chi connectivity index (χ2v) is 10.9. The van der Waals surface area contributed by atoms with Gasteiger partial charge in [-0.1, -0.05) is 85.0 Å². The van der Waals surface area contributed by atoms with Crippen LogP contribution in [0.4, 0.5) is 0 Å². The van der Waals surface area contributed by atoms with Gasteiger partial charge in [-0.15, -0.1) is 0 Å². The average molecular weight is 484 g/mol. The van der Waals surface area contributed by atoms with Crippen molar-refractivity contribution in [2.45, 2.75) is 48.4 Å². The maximum Gasteiger partial charge on any atom is 0.0210 e. The topological polar surface area (TPSA) is 0 Å². The SMILES string of the molecule is C[C@@H]1C[C@@H](C)C1C1C(I)C(C2C=CCC2I)C1(C)C. The zero-order valence-corrected chi connectivity index (χ0v) is 16.8. The summed E-state index contributed by atoms with van der Waals surface area (Å²) in [7, 11) is 0. The van der Waals surface area contributed by atoms with E-state index in [0.29, 0.717) is 5.41 Å². The van der Waals surface area contributed by atoms with E-state index >= 15 is 0 Å². The molecule has 5 unspecified atom stereocenters. The Bertz CT molecular complexity index is 379. The van der Waals surface area contributed by atoms with Crippen molar-refractivity contribution in [3.05, 3.63) is 12.2 Å². The molecular weight excluding hydrogens is 458 g/mol. The fourth-order valence-electron chi connectivity index (χ4n) is 5.53. The molecule has 2 fully saturated rings. The molecule has 19 heavy (non-hydrogen) atoms. The molecule has 0 bridgehead atoms. The summed E-state index contributed by atoms with van der Waals surface area (Å²) in [6.45, 7) is 10.1. The van der Waals surface area contributed by atoms with Gasteiger partial charge in [-0.05, 0) is 53.8 Å². The van der Waals surface area contributed by atoms with Crippen molar-refractivity contribution in [2.24, 2.45) is 40.9 Å². The molecular formula is C17H26I2. The molecule has 0 aromatic heterocycles. The van der Waals surface area contributed by atoms with Gasteiger partial charge in [-0.2, -0.15) is 0 Å². The molecule has 0 radical (unpaired) electrons. The number of alkyl halides is 2. The summed E-state index contributed by atoms with van der Waals surface area (Å²) in [5.41, 5.74) is 0.544. The molecule has 0 heterocycles. The minimum Gasteiger partial charge on any atom is -0.0871 e. The van der Waals surface area contributed by atoms with Crippen LogP contribution >= 0.6 is 45.2 Å². The Balaban J connectivity index is 1.78. The first kappa shape index (κ1) is 15.1. The molecule has 0 aliphatic heterocycles. The second kappa shape index (κ2) is 5.13. The van der Waals surface area contributed by atoms with Crippen molar-refractivity contribution in [3.63, 3.8) is 0 Å². The number of hydrogen-bond acceptors (Lipinski definition) is 0. The van der Waals surface area contributed by atoms with Crippen molar-refractivity contribution in [1.29, 1.82) is 0 Å². The van der Waals surface area contributed by atoms with Crippen molar-refractivity contribution >= 4 is 45.2 Å². The van der Waals surface area contributed by atoms with E-state index in [4.69, 9.17) is 0 Å². The summed E-state index contributed by atoms with van der Waals surface area (Å²) in [5.74, 6) is 5.61. The first-order valence-corrected chi connectivity index (χ1v) is 10.3. The van der Waals surface area contributed by atoms with Crippen molar-refractivity contribution in [3.8, 4) is 0 Å². The van der Waals surface area contributed by atoms with E-state index in [1.54, 1.807) is 0 Å². The number of hydrogen-bond donors (Lipinski definition) is 0. The smallest absolute Gasteiger partial charge is 0.0210 e. The van der Waals surface area contributed by atoms with E-state index in [-0.39, 0.29) is 0 Å². The molecule has 0 aromatic rings. The summed E-state index contributed by atoms with van der Waals surface area (Å²) >= 11 is 5.48. The van der Waals surface area contributed by atoms with Crippen molar-refractivity contribution in [1.82, 2.24) is 0 Å². The van der Waals surface area contributed by atoms with Crippen LogP contribution in [0.5, 0.6) is 0 Å². The molecule has 0 amide bonds. The van der Waals surface area contributed by atoms with Gasteiger partial charge in [0.05, 0.1) is 0 Å². The Morgan fingerprint density at radius 1 is 1.05 bits per heavy atom. The van der Waals surface area contributed by atoms with Gasteiger partial charge in [0.1, 0.15) is 0 Å². The molecule has 7 atom stereocenters. The van der Waals surface area contributed by atoms with E-state index in [0.717, 1.165) is 43.4 Å². The van der Waals surface area contributed by atoms with Gasteiger partial charge in [0, 0.05) is 7.85 Å². The third-order valence-corrected chi connectivity index (χ3v) is 9.32. The van der Waals surface area contributed by atoms with Gasteiger partial charge >= 0.3 is 0 Å². The lowest BCUT2D eigenvalue weighted by Gasteiger charge is -2.66. The Hall–Kier alpha value is 1.20. The van der Waals surface area contributed by atoms with Gasteiger partial charge < -0.3 is 0 Å². The van der Waals surface area contributed by atoms with E-state index in [1.807, 2.05) is 0 Å². The number of allylic oxidation sites excluding steroid dienone is 2. The summed E-state index contributed by atoms with van der Waals surface area (Å²) in [6, 6.07) is 0. The van der Waals surface area contributed by atoms with Crippen LogP contribution in [-0.2, 0) is 0 Å². The van der Waals surface area contributed by atoms with Gasteiger partial charge in [-0.3, -0.25) is 0 Å². The highest BCUT2D eigenvalue weighted by Crippen LogP contribution is 2.67. The number of halogens is 2. The van der Waals surface area contributed by atoms with Gasteiger partial charge in [-0.25, -0.2) is 0 Å². The monoisotopic (exact) mass is 484 g/mol. The zero-order chi connectivity index (χ0) is 13.9. The molecule has 2 heteroatoms.